The lowest BCUT2D eigenvalue weighted by atomic mass is 10.1. The van der Waals surface area contributed by atoms with Gasteiger partial charge in [-0.05, 0) is 90.7 Å². The van der Waals surface area contributed by atoms with Gasteiger partial charge in [0, 0.05) is 42.6 Å². The molecule has 12 heteroatoms. The fourth-order valence-electron chi connectivity index (χ4n) is 5.41. The average Bonchev–Trinajstić information content (AvgIpc) is 3.12. The molecule has 4 heterocycles. The number of aromatic nitrogens is 6. The van der Waals surface area contributed by atoms with Gasteiger partial charge < -0.3 is 16.0 Å². The normalized spacial score (nSPS) is 11.4. The van der Waals surface area contributed by atoms with Crippen LogP contribution < -0.4 is 16.0 Å². The van der Waals surface area contributed by atoms with E-state index in [2.05, 4.69) is 85.6 Å². The molecule has 0 fully saturated rings. The first-order valence-corrected chi connectivity index (χ1v) is 18.1. The van der Waals surface area contributed by atoms with Crippen molar-refractivity contribution >= 4 is 84.4 Å². The van der Waals surface area contributed by atoms with E-state index in [1.165, 1.54) is 12.7 Å². The number of halogens is 1. The lowest BCUT2D eigenvalue weighted by Gasteiger charge is -2.15. The Balaban J connectivity index is 1.21. The van der Waals surface area contributed by atoms with Crippen LogP contribution in [0.1, 0.15) is 61.3 Å². The minimum absolute atomic E-state index is 0.234. The van der Waals surface area contributed by atoms with Gasteiger partial charge in [-0.25, -0.2) is 29.9 Å². The van der Waals surface area contributed by atoms with Crippen molar-refractivity contribution in [3.8, 4) is 0 Å². The predicted octanol–water partition coefficient (Wildman–Crippen LogP) is 10.3. The van der Waals surface area contributed by atoms with Gasteiger partial charge in [-0.1, -0.05) is 67.5 Å². The van der Waals surface area contributed by atoms with Crippen LogP contribution in [0.5, 0.6) is 0 Å². The van der Waals surface area contributed by atoms with Crippen LogP contribution in [0.15, 0.2) is 118 Å². The topological polar surface area (TPSA) is 130 Å². The van der Waals surface area contributed by atoms with E-state index < -0.39 is 0 Å². The van der Waals surface area contributed by atoms with Crippen LogP contribution in [0.4, 0.5) is 28.7 Å². The maximum absolute atomic E-state index is 13.5. The zero-order valence-corrected chi connectivity index (χ0v) is 30.7. The Labute approximate surface area is 308 Å². The third kappa shape index (κ3) is 7.82. The van der Waals surface area contributed by atoms with Gasteiger partial charge in [-0.15, -0.1) is 0 Å². The molecule has 7 aromatic rings. The summed E-state index contributed by atoms with van der Waals surface area (Å²) in [5.74, 6) is 1.59. The van der Waals surface area contributed by atoms with Crippen LogP contribution >= 0.6 is 27.7 Å². The summed E-state index contributed by atoms with van der Waals surface area (Å²) in [6, 6.07) is 29.2. The molecule has 0 saturated heterocycles. The monoisotopic (exact) mass is 755 g/mol. The Morgan fingerprint density at radius 2 is 1.29 bits per heavy atom. The first-order chi connectivity index (χ1) is 24.7. The Kier molecular flexibility index (Phi) is 9.87. The van der Waals surface area contributed by atoms with E-state index in [-0.39, 0.29) is 11.8 Å². The second-order valence-corrected chi connectivity index (χ2v) is 14.6. The van der Waals surface area contributed by atoms with Crippen LogP contribution in [0, 0.1) is 0 Å². The van der Waals surface area contributed by atoms with Gasteiger partial charge in [0.05, 0.1) is 16.5 Å². The zero-order valence-electron chi connectivity index (χ0n) is 28.3. The number of nitrogens with one attached hydrogen (secondary N) is 3. The van der Waals surface area contributed by atoms with E-state index in [0.717, 1.165) is 42.1 Å². The first kappa shape index (κ1) is 34.0. The molecule has 0 bridgehead atoms. The number of anilines is 5. The molecule has 0 radical (unpaired) electrons. The van der Waals surface area contributed by atoms with Crippen molar-refractivity contribution in [1.82, 2.24) is 29.9 Å². The van der Waals surface area contributed by atoms with E-state index >= 15 is 0 Å². The summed E-state index contributed by atoms with van der Waals surface area (Å²) in [5.41, 5.74) is 5.94. The Morgan fingerprint density at radius 3 is 1.94 bits per heavy atom. The zero-order chi connectivity index (χ0) is 35.5. The molecule has 10 nitrogen and oxygen atoms in total. The number of benzene rings is 3. The van der Waals surface area contributed by atoms with Gasteiger partial charge in [0.25, 0.3) is 5.91 Å². The van der Waals surface area contributed by atoms with Gasteiger partial charge in [0.2, 0.25) is 0 Å². The van der Waals surface area contributed by atoms with Gasteiger partial charge >= 0.3 is 0 Å². The molecule has 0 unspecified atom stereocenters. The van der Waals surface area contributed by atoms with Gasteiger partial charge in [0.15, 0.2) is 11.3 Å². The smallest absolute Gasteiger partial charge is 0.255 e. The first-order valence-electron chi connectivity index (χ1n) is 16.5. The molecule has 254 valence electrons. The number of hydrogen-bond donors (Lipinski definition) is 3. The summed E-state index contributed by atoms with van der Waals surface area (Å²) >= 11 is 5.04. The number of rotatable bonds is 10. The number of pyridine rings is 2. The fourth-order valence-corrected chi connectivity index (χ4v) is 6.75. The molecule has 3 N–H and O–H groups in total. The maximum Gasteiger partial charge on any atom is 0.255 e. The Hall–Kier alpha value is -5.46. The van der Waals surface area contributed by atoms with Gasteiger partial charge in [-0.3, -0.25) is 4.79 Å². The third-order valence-electron chi connectivity index (χ3n) is 8.12. The van der Waals surface area contributed by atoms with E-state index in [1.54, 1.807) is 11.8 Å². The van der Waals surface area contributed by atoms with Crippen molar-refractivity contribution in [1.29, 1.82) is 0 Å². The van der Waals surface area contributed by atoms with Crippen LogP contribution in [0.2, 0.25) is 0 Å². The molecule has 4 aromatic heterocycles. The van der Waals surface area contributed by atoms with Crippen LogP contribution in [-0.4, -0.2) is 35.8 Å². The minimum atomic E-state index is -0.234. The summed E-state index contributed by atoms with van der Waals surface area (Å²) in [5, 5.41) is 11.6. The molecule has 0 atom stereocenters. The molecule has 0 saturated carbocycles. The quantitative estimate of drug-likeness (QED) is 0.124. The van der Waals surface area contributed by atoms with Gasteiger partial charge in [-0.2, -0.15) is 0 Å². The van der Waals surface area contributed by atoms with Crippen molar-refractivity contribution in [2.45, 2.75) is 49.3 Å². The highest BCUT2D eigenvalue weighted by Crippen LogP contribution is 2.38. The van der Waals surface area contributed by atoms with E-state index in [1.807, 2.05) is 84.9 Å². The van der Waals surface area contributed by atoms with Crippen molar-refractivity contribution in [3.63, 3.8) is 0 Å². The average molecular weight is 757 g/mol. The summed E-state index contributed by atoms with van der Waals surface area (Å²) < 4.78 is 0.876. The lowest BCUT2D eigenvalue weighted by molar-refractivity contribution is 0.102. The summed E-state index contributed by atoms with van der Waals surface area (Å²) in [4.78, 5) is 42.7. The SMILES string of the molecule is CC(C)c1ccc2c(Nc3cccc(Sc4ccc(C(=O)Nc5cccc(Br)c5)cc4Nc4ncnc5nc(C(C)C)ccc45)c3)ncnc2n1. The fraction of sp³-hybridized carbons (Fsp3) is 0.154. The highest BCUT2D eigenvalue weighted by molar-refractivity contribution is 9.10. The van der Waals surface area contributed by atoms with Crippen molar-refractivity contribution in [3.05, 3.63) is 125 Å². The number of nitrogens with zero attached hydrogens (tertiary/aromatic N) is 6. The highest BCUT2D eigenvalue weighted by atomic mass is 79.9. The molecule has 1 amide bonds. The number of carbonyl (C=O) groups excluding carboxylic acids is 1. The second kappa shape index (κ2) is 14.8. The van der Waals surface area contributed by atoms with Crippen LogP contribution in [-0.2, 0) is 0 Å². The Morgan fingerprint density at radius 1 is 0.667 bits per heavy atom. The highest BCUT2D eigenvalue weighted by Gasteiger charge is 2.16. The van der Waals surface area contributed by atoms with Crippen LogP contribution in [0.3, 0.4) is 0 Å². The molecule has 0 aliphatic rings. The molecule has 0 spiro atoms. The van der Waals surface area contributed by atoms with Crippen molar-refractivity contribution < 1.29 is 4.79 Å². The second-order valence-electron chi connectivity index (χ2n) is 12.5. The Bertz CT molecular complexity index is 2400. The molecular formula is C39H34BrN9OS. The maximum atomic E-state index is 13.5. The largest absolute Gasteiger partial charge is 0.340 e. The molecule has 0 aliphatic carbocycles. The van der Waals surface area contributed by atoms with E-state index in [0.29, 0.717) is 45.8 Å². The molecule has 3 aromatic carbocycles. The van der Waals surface area contributed by atoms with Crippen LogP contribution in [0.25, 0.3) is 22.1 Å². The molecule has 0 aliphatic heterocycles. The number of hydrogen-bond acceptors (Lipinski definition) is 10. The number of amides is 1. The molecule has 51 heavy (non-hydrogen) atoms. The molecule has 7 rings (SSSR count). The summed E-state index contributed by atoms with van der Waals surface area (Å²) in [6.07, 6.45) is 3.03. The van der Waals surface area contributed by atoms with Crippen molar-refractivity contribution in [2.24, 2.45) is 0 Å². The lowest BCUT2D eigenvalue weighted by Crippen LogP contribution is -2.12. The van der Waals surface area contributed by atoms with E-state index in [9.17, 15) is 4.79 Å². The third-order valence-corrected chi connectivity index (χ3v) is 9.68. The summed E-state index contributed by atoms with van der Waals surface area (Å²) in [6.45, 7) is 8.42. The van der Waals surface area contributed by atoms with E-state index in [4.69, 9.17) is 9.97 Å². The number of fused-ring (bicyclic) bond motifs is 2. The molecular weight excluding hydrogens is 722 g/mol. The predicted molar refractivity (Wildman–Crippen MR) is 209 cm³/mol. The summed E-state index contributed by atoms with van der Waals surface area (Å²) in [7, 11) is 0. The number of carbonyl (C=O) groups is 1. The van der Waals surface area contributed by atoms with Gasteiger partial charge in [0.1, 0.15) is 24.3 Å². The standard InChI is InChI=1S/C39H34BrN9OS/c1-22(2)31-14-12-29-35(41-20-42-36(29)47-31)45-27-9-6-10-28(19-27)51-34-16-11-24(39(50)46-26-8-5-7-25(40)18-26)17-33(34)49-38-30-13-15-32(23(3)4)48-37(30)43-21-44-38/h5-23H,1-4H3,(H,46,50)(H,41,42,45,47)(H,43,44,48,49). The van der Waals surface area contributed by atoms with Crippen molar-refractivity contribution in [2.75, 3.05) is 16.0 Å². The minimum Gasteiger partial charge on any atom is -0.340 e.